The number of hydrogen-bond donors (Lipinski definition) is 0. The van der Waals surface area contributed by atoms with Gasteiger partial charge in [0.05, 0.1) is 15.2 Å². The van der Waals surface area contributed by atoms with E-state index in [-0.39, 0.29) is 0 Å². The molecule has 0 fully saturated rings. The highest BCUT2D eigenvalue weighted by Crippen LogP contribution is 2.35. The lowest BCUT2D eigenvalue weighted by Gasteiger charge is -2.02. The zero-order valence-electron chi connectivity index (χ0n) is 9.47. The maximum atomic E-state index is 6.18. The fourth-order valence-electron chi connectivity index (χ4n) is 1.68. The molecule has 2 nitrogen and oxygen atoms in total. The van der Waals surface area contributed by atoms with Gasteiger partial charge in [-0.05, 0) is 48.0 Å². The van der Waals surface area contributed by atoms with E-state index in [1.54, 1.807) is 12.1 Å². The van der Waals surface area contributed by atoms with Crippen LogP contribution in [0.2, 0.25) is 10.0 Å². The number of aromatic nitrogens is 2. The Kier molecular flexibility index (Phi) is 3.81. The van der Waals surface area contributed by atoms with Crippen LogP contribution in [0.4, 0.5) is 0 Å². The van der Waals surface area contributed by atoms with Crippen LogP contribution < -0.4 is 0 Å². The third kappa shape index (κ3) is 2.37. The van der Waals surface area contributed by atoms with Gasteiger partial charge in [-0.2, -0.15) is 5.10 Å². The van der Waals surface area contributed by atoms with Gasteiger partial charge < -0.3 is 0 Å². The summed E-state index contributed by atoms with van der Waals surface area (Å²) in [6, 6.07) is 5.38. The van der Waals surface area contributed by atoms with E-state index in [0.29, 0.717) is 10.0 Å². The zero-order valence-corrected chi connectivity index (χ0v) is 12.6. The van der Waals surface area contributed by atoms with E-state index in [9.17, 15) is 0 Å². The maximum absolute atomic E-state index is 6.18. The van der Waals surface area contributed by atoms with Crippen molar-refractivity contribution in [1.82, 2.24) is 9.78 Å². The second kappa shape index (κ2) is 5.01. The predicted molar refractivity (Wildman–Crippen MR) is 75.8 cm³/mol. The van der Waals surface area contributed by atoms with Crippen molar-refractivity contribution >= 4 is 39.1 Å². The van der Waals surface area contributed by atoms with Crippen molar-refractivity contribution in [2.75, 3.05) is 0 Å². The SMILES string of the molecule is CCn1nc(-c2cc(Cl)ccc2Cl)c(Br)c1C. The second-order valence-corrected chi connectivity index (χ2v) is 5.32. The molecule has 1 aromatic heterocycles. The maximum Gasteiger partial charge on any atom is 0.108 e. The lowest BCUT2D eigenvalue weighted by Crippen LogP contribution is -1.98. The normalized spacial score (nSPS) is 10.9. The average molecular weight is 334 g/mol. The Morgan fingerprint density at radius 3 is 2.65 bits per heavy atom. The summed E-state index contributed by atoms with van der Waals surface area (Å²) in [5, 5.41) is 5.83. The van der Waals surface area contributed by atoms with Crippen molar-refractivity contribution in [3.05, 3.63) is 38.4 Å². The summed E-state index contributed by atoms with van der Waals surface area (Å²) in [5.41, 5.74) is 2.76. The number of nitrogens with zero attached hydrogens (tertiary/aromatic N) is 2. The molecule has 0 amide bonds. The lowest BCUT2D eigenvalue weighted by atomic mass is 10.1. The van der Waals surface area contributed by atoms with Crippen molar-refractivity contribution < 1.29 is 0 Å². The van der Waals surface area contributed by atoms with E-state index in [0.717, 1.165) is 28.0 Å². The molecule has 90 valence electrons. The van der Waals surface area contributed by atoms with Crippen LogP contribution in [0.3, 0.4) is 0 Å². The molecule has 0 atom stereocenters. The molecule has 2 rings (SSSR count). The van der Waals surface area contributed by atoms with Crippen LogP contribution in [-0.4, -0.2) is 9.78 Å². The van der Waals surface area contributed by atoms with Gasteiger partial charge in [-0.15, -0.1) is 0 Å². The Labute approximate surface area is 119 Å². The van der Waals surface area contributed by atoms with E-state index in [1.807, 2.05) is 17.7 Å². The van der Waals surface area contributed by atoms with E-state index < -0.39 is 0 Å². The molecule has 0 saturated carbocycles. The largest absolute Gasteiger partial charge is 0.268 e. The van der Waals surface area contributed by atoms with E-state index in [2.05, 4.69) is 28.0 Å². The smallest absolute Gasteiger partial charge is 0.108 e. The summed E-state index contributed by atoms with van der Waals surface area (Å²) < 4.78 is 2.89. The summed E-state index contributed by atoms with van der Waals surface area (Å²) in [6.45, 7) is 4.89. The molecule has 0 aliphatic rings. The standard InChI is InChI=1S/C12H11BrCl2N2/c1-3-17-7(2)11(13)12(16-17)9-6-8(14)4-5-10(9)15/h4-6H,3H2,1-2H3. The fourth-order valence-corrected chi connectivity index (χ4v) is 2.56. The second-order valence-electron chi connectivity index (χ2n) is 3.69. The summed E-state index contributed by atoms with van der Waals surface area (Å²) in [5.74, 6) is 0. The van der Waals surface area contributed by atoms with E-state index in [1.165, 1.54) is 0 Å². The minimum atomic E-state index is 0.649. The fraction of sp³-hybridized carbons (Fsp3) is 0.250. The molecule has 0 saturated heterocycles. The van der Waals surface area contributed by atoms with Gasteiger partial charge in [0.1, 0.15) is 5.69 Å². The van der Waals surface area contributed by atoms with Gasteiger partial charge in [0.15, 0.2) is 0 Å². The Balaban J connectivity index is 2.64. The number of hydrogen-bond acceptors (Lipinski definition) is 1. The molecule has 0 radical (unpaired) electrons. The van der Waals surface area contributed by atoms with E-state index in [4.69, 9.17) is 23.2 Å². The first-order valence-electron chi connectivity index (χ1n) is 5.23. The van der Waals surface area contributed by atoms with Gasteiger partial charge in [-0.1, -0.05) is 23.2 Å². The highest BCUT2D eigenvalue weighted by molar-refractivity contribution is 9.10. The molecule has 1 heterocycles. The topological polar surface area (TPSA) is 17.8 Å². The quantitative estimate of drug-likeness (QED) is 0.760. The molecule has 0 spiro atoms. The Morgan fingerprint density at radius 2 is 2.06 bits per heavy atom. The Hall–Kier alpha value is -0.510. The summed E-state index contributed by atoms with van der Waals surface area (Å²) in [4.78, 5) is 0. The van der Waals surface area contributed by atoms with Crippen LogP contribution in [0.5, 0.6) is 0 Å². The number of rotatable bonds is 2. The monoisotopic (exact) mass is 332 g/mol. The van der Waals surface area contributed by atoms with Crippen LogP contribution in [0.25, 0.3) is 11.3 Å². The van der Waals surface area contributed by atoms with Crippen molar-refractivity contribution in [1.29, 1.82) is 0 Å². The summed E-state index contributed by atoms with van der Waals surface area (Å²) >= 11 is 15.7. The van der Waals surface area contributed by atoms with Crippen LogP contribution in [0, 0.1) is 6.92 Å². The van der Waals surface area contributed by atoms with Gasteiger partial charge in [-0.25, -0.2) is 0 Å². The van der Waals surface area contributed by atoms with Crippen LogP contribution in [0.1, 0.15) is 12.6 Å². The molecule has 17 heavy (non-hydrogen) atoms. The van der Waals surface area contributed by atoms with Crippen molar-refractivity contribution in [3.63, 3.8) is 0 Å². The highest BCUT2D eigenvalue weighted by Gasteiger charge is 2.15. The number of benzene rings is 1. The molecule has 0 bridgehead atoms. The predicted octanol–water partition coefficient (Wildman–Crippen LogP) is 4.95. The summed E-state index contributed by atoms with van der Waals surface area (Å²) in [6.07, 6.45) is 0. The molecule has 0 unspecified atom stereocenters. The first-order valence-corrected chi connectivity index (χ1v) is 6.77. The van der Waals surface area contributed by atoms with E-state index >= 15 is 0 Å². The molecule has 0 aliphatic carbocycles. The van der Waals surface area contributed by atoms with Gasteiger partial charge in [-0.3, -0.25) is 4.68 Å². The van der Waals surface area contributed by atoms with Crippen molar-refractivity contribution in [3.8, 4) is 11.3 Å². The molecular weight excluding hydrogens is 323 g/mol. The highest BCUT2D eigenvalue weighted by atomic mass is 79.9. The van der Waals surface area contributed by atoms with Crippen molar-refractivity contribution in [2.45, 2.75) is 20.4 Å². The molecule has 0 aliphatic heterocycles. The van der Waals surface area contributed by atoms with Crippen molar-refractivity contribution in [2.24, 2.45) is 0 Å². The first kappa shape index (κ1) is 12.9. The van der Waals surface area contributed by atoms with Gasteiger partial charge in [0, 0.05) is 17.1 Å². The lowest BCUT2D eigenvalue weighted by molar-refractivity contribution is 0.641. The molecule has 2 aromatic rings. The van der Waals surface area contributed by atoms with Crippen LogP contribution in [-0.2, 0) is 6.54 Å². The third-order valence-corrected chi connectivity index (χ3v) is 4.13. The molecule has 1 aromatic carbocycles. The summed E-state index contributed by atoms with van der Waals surface area (Å²) in [7, 11) is 0. The van der Waals surface area contributed by atoms with Crippen LogP contribution in [0.15, 0.2) is 22.7 Å². The number of aryl methyl sites for hydroxylation is 1. The van der Waals surface area contributed by atoms with Gasteiger partial charge >= 0.3 is 0 Å². The van der Waals surface area contributed by atoms with Crippen LogP contribution >= 0.6 is 39.1 Å². The average Bonchev–Trinajstić information content (AvgIpc) is 2.59. The minimum Gasteiger partial charge on any atom is -0.268 e. The third-order valence-electron chi connectivity index (χ3n) is 2.62. The zero-order chi connectivity index (χ0) is 12.6. The Bertz CT molecular complexity index is 564. The molecule has 0 N–H and O–H groups in total. The minimum absolute atomic E-state index is 0.649. The Morgan fingerprint density at radius 1 is 1.35 bits per heavy atom. The van der Waals surface area contributed by atoms with Gasteiger partial charge in [0.2, 0.25) is 0 Å². The molecular formula is C12H11BrCl2N2. The van der Waals surface area contributed by atoms with Gasteiger partial charge in [0.25, 0.3) is 0 Å². The first-order chi connectivity index (χ1) is 8.04. The number of halogens is 3. The molecule has 5 heteroatoms.